The zero-order chi connectivity index (χ0) is 35.9. The lowest BCUT2D eigenvalue weighted by molar-refractivity contribution is -0.170. The van der Waals surface area contributed by atoms with E-state index in [1.165, 1.54) is 11.9 Å². The minimum absolute atomic E-state index is 0.294. The van der Waals surface area contributed by atoms with Crippen LogP contribution in [0, 0.1) is 11.3 Å². The van der Waals surface area contributed by atoms with Crippen LogP contribution in [0.25, 0.3) is 17.0 Å². The maximum absolute atomic E-state index is 13.9. The number of ether oxygens (including phenoxy) is 3. The predicted octanol–water partition coefficient (Wildman–Crippen LogP) is 5.65. The molecule has 2 aliphatic heterocycles. The highest BCUT2D eigenvalue weighted by atomic mass is 35.6. The molecular formula is C35H45Cl3N4O7. The van der Waals surface area contributed by atoms with Gasteiger partial charge in [-0.2, -0.15) is 0 Å². The van der Waals surface area contributed by atoms with Crippen LogP contribution in [0.4, 0.5) is 0 Å². The maximum Gasteiger partial charge on any atom is 0.325 e. The summed E-state index contributed by atoms with van der Waals surface area (Å²) in [5.74, 6) is -2.38. The summed E-state index contributed by atoms with van der Waals surface area (Å²) in [5, 5.41) is 4.98. The maximum atomic E-state index is 13.9. The largest absolute Gasteiger partial charge is 0.460 e. The van der Waals surface area contributed by atoms with Crippen molar-refractivity contribution in [2.45, 2.75) is 88.2 Å². The van der Waals surface area contributed by atoms with Crippen molar-refractivity contribution in [3.8, 4) is 0 Å². The topological polar surface area (TPSA) is 136 Å². The van der Waals surface area contributed by atoms with Crippen LogP contribution in [0.3, 0.4) is 0 Å². The van der Waals surface area contributed by atoms with Crippen LogP contribution in [0.5, 0.6) is 0 Å². The van der Waals surface area contributed by atoms with Gasteiger partial charge in [0.15, 0.2) is 6.10 Å². The fourth-order valence-corrected chi connectivity index (χ4v) is 5.85. The monoisotopic (exact) mass is 738 g/mol. The average molecular weight is 740 g/mol. The second kappa shape index (κ2) is 16.8. The SMILES string of the molecule is CC(C)c1ccc2ccc(/C=C/C3(C(=O)O[C@H](C(=O)N[C@@H](C)C(=O)N4CCC[C@@H](C(=O)OCC(Cl)(Cl)Cl)N4)C(C)C)CCOCC3)cc2n1. The van der Waals surface area contributed by atoms with Crippen molar-refractivity contribution in [1.82, 2.24) is 20.7 Å². The number of alkyl halides is 3. The molecular weight excluding hydrogens is 695 g/mol. The normalized spacial score (nSPS) is 19.6. The van der Waals surface area contributed by atoms with E-state index in [0.717, 1.165) is 22.2 Å². The lowest BCUT2D eigenvalue weighted by Gasteiger charge is -2.35. The molecule has 1 aromatic heterocycles. The van der Waals surface area contributed by atoms with Crippen molar-refractivity contribution < 1.29 is 33.4 Å². The van der Waals surface area contributed by atoms with Crippen LogP contribution in [0.15, 0.2) is 36.4 Å². The molecule has 0 spiro atoms. The highest BCUT2D eigenvalue weighted by molar-refractivity contribution is 6.67. The Kier molecular flexibility index (Phi) is 13.3. The molecule has 2 N–H and O–H groups in total. The Hall–Kier alpha value is -2.96. The standard InChI is InChI=1S/C35H45Cl3N4O7/c1-21(2)26-11-10-25-9-8-24(19-28(25)40-26)12-13-34(14-17-47-18-15-34)33(46)49-29(22(3)4)30(43)39-23(5)31(44)42-16-6-7-27(41-42)32(45)48-20-35(36,37)38/h8-13,19,21-23,27,29,41H,6-7,14-18,20H2,1-5H3,(H,39,43)/b13-12+/t23-,27-,29-/m0/s1. The number of hydrogen-bond acceptors (Lipinski definition) is 9. The molecule has 0 bridgehead atoms. The first-order valence-corrected chi connectivity index (χ1v) is 17.7. The van der Waals surface area contributed by atoms with Crippen LogP contribution in [-0.2, 0) is 33.4 Å². The molecule has 49 heavy (non-hydrogen) atoms. The summed E-state index contributed by atoms with van der Waals surface area (Å²) in [6.07, 6.45) is 4.28. The number of carbonyl (C=O) groups excluding carboxylic acids is 4. The summed E-state index contributed by atoms with van der Waals surface area (Å²) in [6, 6.07) is 8.23. The van der Waals surface area contributed by atoms with Crippen molar-refractivity contribution in [2.75, 3.05) is 26.4 Å². The van der Waals surface area contributed by atoms with E-state index < -0.39 is 57.8 Å². The van der Waals surface area contributed by atoms with Gasteiger partial charge in [-0.15, -0.1) is 0 Å². The van der Waals surface area contributed by atoms with Gasteiger partial charge >= 0.3 is 11.9 Å². The van der Waals surface area contributed by atoms with E-state index in [9.17, 15) is 19.2 Å². The lowest BCUT2D eigenvalue weighted by atomic mass is 9.79. The zero-order valence-corrected chi connectivity index (χ0v) is 30.7. The van der Waals surface area contributed by atoms with E-state index in [1.54, 1.807) is 13.8 Å². The molecule has 0 aliphatic carbocycles. The number of benzene rings is 1. The number of pyridine rings is 1. The number of aromatic nitrogens is 1. The van der Waals surface area contributed by atoms with Crippen LogP contribution in [0.1, 0.15) is 77.5 Å². The molecule has 11 nitrogen and oxygen atoms in total. The zero-order valence-electron chi connectivity index (χ0n) is 28.5. The van der Waals surface area contributed by atoms with E-state index in [2.05, 4.69) is 30.7 Å². The van der Waals surface area contributed by atoms with Crippen LogP contribution >= 0.6 is 34.8 Å². The molecule has 4 rings (SSSR count). The van der Waals surface area contributed by atoms with Crippen LogP contribution in [-0.4, -0.2) is 82.1 Å². The molecule has 0 saturated carbocycles. The summed E-state index contributed by atoms with van der Waals surface area (Å²) < 4.78 is 14.8. The van der Waals surface area contributed by atoms with Gasteiger partial charge < -0.3 is 19.5 Å². The highest BCUT2D eigenvalue weighted by Crippen LogP contribution is 2.36. The van der Waals surface area contributed by atoms with Gasteiger partial charge in [0.25, 0.3) is 11.8 Å². The van der Waals surface area contributed by atoms with Gasteiger partial charge in [-0.25, -0.2) is 5.43 Å². The minimum atomic E-state index is -1.76. The quantitative estimate of drug-likeness (QED) is 0.221. The number of esters is 2. The molecule has 0 unspecified atom stereocenters. The first-order valence-electron chi connectivity index (χ1n) is 16.6. The van der Waals surface area contributed by atoms with Gasteiger partial charge in [0.05, 0.1) is 10.9 Å². The van der Waals surface area contributed by atoms with E-state index in [-0.39, 0.29) is 5.92 Å². The summed E-state index contributed by atoms with van der Waals surface area (Å²) >= 11 is 17.0. The Morgan fingerprint density at radius 1 is 1.10 bits per heavy atom. The Morgan fingerprint density at radius 3 is 2.45 bits per heavy atom. The number of rotatable bonds is 11. The molecule has 3 atom stereocenters. The number of nitrogens with zero attached hydrogens (tertiary/aromatic N) is 2. The van der Waals surface area contributed by atoms with Crippen molar-refractivity contribution in [3.05, 3.63) is 47.7 Å². The summed E-state index contributed by atoms with van der Waals surface area (Å²) in [5.41, 5.74) is 4.59. The lowest BCUT2D eigenvalue weighted by Crippen LogP contribution is -2.60. The Morgan fingerprint density at radius 2 is 1.80 bits per heavy atom. The predicted molar refractivity (Wildman–Crippen MR) is 189 cm³/mol. The molecule has 1 aromatic carbocycles. The van der Waals surface area contributed by atoms with Gasteiger partial charge in [0, 0.05) is 30.8 Å². The molecule has 14 heteroatoms. The van der Waals surface area contributed by atoms with Crippen LogP contribution < -0.4 is 10.7 Å². The Bertz CT molecular complexity index is 1540. The number of amides is 2. The average Bonchev–Trinajstić information content (AvgIpc) is 3.07. The summed E-state index contributed by atoms with van der Waals surface area (Å²) in [7, 11) is 0. The summed E-state index contributed by atoms with van der Waals surface area (Å²) in [4.78, 5) is 57.9. The number of halogens is 3. The van der Waals surface area contributed by atoms with Crippen molar-refractivity contribution in [1.29, 1.82) is 0 Å². The fraction of sp³-hybridized carbons (Fsp3) is 0.571. The fourth-order valence-electron chi connectivity index (χ4n) is 5.69. The van der Waals surface area contributed by atoms with Gasteiger partial charge in [-0.05, 0) is 62.1 Å². The van der Waals surface area contributed by atoms with Crippen molar-refractivity contribution >= 4 is 75.5 Å². The molecule has 2 fully saturated rings. The van der Waals surface area contributed by atoms with Gasteiger partial charge in [0.2, 0.25) is 3.79 Å². The second-order valence-corrected chi connectivity index (χ2v) is 15.8. The third-order valence-corrected chi connectivity index (χ3v) is 8.98. The van der Waals surface area contributed by atoms with E-state index in [1.807, 2.05) is 36.4 Å². The molecule has 3 heterocycles. The Labute approximate surface area is 302 Å². The number of carbonyl (C=O) groups is 4. The summed E-state index contributed by atoms with van der Waals surface area (Å²) in [6.45, 7) is 9.85. The van der Waals surface area contributed by atoms with Gasteiger partial charge in [-0.1, -0.05) is 92.8 Å². The molecule has 2 aromatic rings. The third kappa shape index (κ3) is 10.5. The second-order valence-electron chi connectivity index (χ2n) is 13.3. The van der Waals surface area contributed by atoms with Crippen molar-refractivity contribution in [2.24, 2.45) is 11.3 Å². The number of hydrazine groups is 1. The van der Waals surface area contributed by atoms with Gasteiger partial charge in [-0.3, -0.25) is 29.2 Å². The molecule has 0 radical (unpaired) electrons. The molecule has 2 saturated heterocycles. The number of nitrogens with one attached hydrogen (secondary N) is 2. The Balaban J connectivity index is 1.43. The minimum Gasteiger partial charge on any atom is -0.460 e. The first-order chi connectivity index (χ1) is 23.1. The van der Waals surface area contributed by atoms with E-state index in [4.69, 9.17) is 54.0 Å². The number of hydrogen-bond donors (Lipinski definition) is 2. The number of fused-ring (bicyclic) bond motifs is 1. The van der Waals surface area contributed by atoms with Gasteiger partial charge in [0.1, 0.15) is 18.7 Å². The third-order valence-electron chi connectivity index (χ3n) is 8.66. The molecule has 268 valence electrons. The van der Waals surface area contributed by atoms with Crippen LogP contribution in [0.2, 0.25) is 0 Å². The van der Waals surface area contributed by atoms with Crippen molar-refractivity contribution in [3.63, 3.8) is 0 Å². The highest BCUT2D eigenvalue weighted by Gasteiger charge is 2.42. The molecule has 2 aliphatic rings. The van der Waals surface area contributed by atoms with E-state index in [0.29, 0.717) is 51.4 Å². The molecule has 2 amide bonds. The first kappa shape index (κ1) is 38.8. The smallest absolute Gasteiger partial charge is 0.325 e. The van der Waals surface area contributed by atoms with E-state index >= 15 is 0 Å².